The number of aliphatic hydroxyl groups excluding tert-OH is 1. The lowest BCUT2D eigenvalue weighted by molar-refractivity contribution is 0.0841. The fourth-order valence-corrected chi connectivity index (χ4v) is 2.48. The van der Waals surface area contributed by atoms with Gasteiger partial charge in [0.2, 0.25) is 0 Å². The topological polar surface area (TPSA) is 44.7 Å². The third kappa shape index (κ3) is 4.78. The Balaban J connectivity index is 2.29. The minimum absolute atomic E-state index is 0.265. The van der Waals surface area contributed by atoms with E-state index >= 15 is 0 Å². The second-order valence-electron chi connectivity index (χ2n) is 4.72. The SMILES string of the molecule is CNC(CCO)CN1CCCC(COC)C1. The van der Waals surface area contributed by atoms with Gasteiger partial charge in [-0.3, -0.25) is 0 Å². The van der Waals surface area contributed by atoms with Crippen molar-refractivity contribution in [2.75, 3.05) is 47.0 Å². The van der Waals surface area contributed by atoms with Gasteiger partial charge in [0, 0.05) is 32.8 Å². The normalized spacial score (nSPS) is 24.6. The van der Waals surface area contributed by atoms with Crippen molar-refractivity contribution in [3.8, 4) is 0 Å². The number of ether oxygens (including phenoxy) is 1. The van der Waals surface area contributed by atoms with Crippen LogP contribution in [-0.2, 0) is 4.74 Å². The van der Waals surface area contributed by atoms with E-state index in [4.69, 9.17) is 9.84 Å². The van der Waals surface area contributed by atoms with Crippen LogP contribution >= 0.6 is 0 Å². The predicted molar refractivity (Wildman–Crippen MR) is 65.6 cm³/mol. The third-order valence-electron chi connectivity index (χ3n) is 3.37. The van der Waals surface area contributed by atoms with Crippen LogP contribution in [0.25, 0.3) is 0 Å². The number of nitrogens with zero attached hydrogens (tertiary/aromatic N) is 1. The molecule has 1 heterocycles. The van der Waals surface area contributed by atoms with Crippen molar-refractivity contribution in [2.24, 2.45) is 5.92 Å². The first kappa shape index (κ1) is 13.9. The Morgan fingerprint density at radius 1 is 1.56 bits per heavy atom. The predicted octanol–water partition coefficient (Wildman–Crippen LogP) is 0.315. The molecule has 2 unspecified atom stereocenters. The molecule has 0 aliphatic carbocycles. The van der Waals surface area contributed by atoms with E-state index in [0.717, 1.165) is 26.1 Å². The largest absolute Gasteiger partial charge is 0.396 e. The lowest BCUT2D eigenvalue weighted by Crippen LogP contribution is -2.45. The molecule has 0 spiro atoms. The highest BCUT2D eigenvalue weighted by atomic mass is 16.5. The summed E-state index contributed by atoms with van der Waals surface area (Å²) in [5.74, 6) is 0.686. The van der Waals surface area contributed by atoms with E-state index in [1.165, 1.54) is 19.4 Å². The fraction of sp³-hybridized carbons (Fsp3) is 1.00. The standard InChI is InChI=1S/C12H26N2O2/c1-13-12(5-7-15)9-14-6-3-4-11(8-14)10-16-2/h11-13,15H,3-10H2,1-2H3. The van der Waals surface area contributed by atoms with Crippen molar-refractivity contribution in [3.05, 3.63) is 0 Å². The van der Waals surface area contributed by atoms with Gasteiger partial charge in [0.1, 0.15) is 0 Å². The van der Waals surface area contributed by atoms with Crippen molar-refractivity contribution in [3.63, 3.8) is 0 Å². The first-order valence-corrected chi connectivity index (χ1v) is 6.29. The van der Waals surface area contributed by atoms with Crippen molar-refractivity contribution in [2.45, 2.75) is 25.3 Å². The number of hydrogen-bond donors (Lipinski definition) is 2. The summed E-state index contributed by atoms with van der Waals surface area (Å²) < 4.78 is 5.23. The molecule has 1 aliphatic heterocycles. The van der Waals surface area contributed by atoms with Crippen LogP contribution < -0.4 is 5.32 Å². The zero-order valence-electron chi connectivity index (χ0n) is 10.6. The van der Waals surface area contributed by atoms with E-state index in [1.54, 1.807) is 7.11 Å². The number of hydrogen-bond acceptors (Lipinski definition) is 4. The Morgan fingerprint density at radius 3 is 3.00 bits per heavy atom. The molecule has 1 saturated heterocycles. The molecule has 0 radical (unpaired) electrons. The van der Waals surface area contributed by atoms with Crippen LogP contribution in [0.4, 0.5) is 0 Å². The average Bonchev–Trinajstić information content (AvgIpc) is 2.29. The lowest BCUT2D eigenvalue weighted by Gasteiger charge is -2.34. The van der Waals surface area contributed by atoms with Gasteiger partial charge < -0.3 is 20.1 Å². The molecule has 2 atom stereocenters. The molecule has 0 amide bonds. The first-order chi connectivity index (χ1) is 7.80. The number of aliphatic hydroxyl groups is 1. The summed E-state index contributed by atoms with van der Waals surface area (Å²) in [5.41, 5.74) is 0. The smallest absolute Gasteiger partial charge is 0.0502 e. The molecule has 16 heavy (non-hydrogen) atoms. The summed E-state index contributed by atoms with van der Waals surface area (Å²) in [6.07, 6.45) is 3.39. The summed E-state index contributed by atoms with van der Waals surface area (Å²) in [4.78, 5) is 2.49. The van der Waals surface area contributed by atoms with Gasteiger partial charge in [0.15, 0.2) is 0 Å². The highest BCUT2D eigenvalue weighted by molar-refractivity contribution is 4.77. The maximum atomic E-state index is 8.95. The molecule has 0 aromatic carbocycles. The summed E-state index contributed by atoms with van der Waals surface area (Å²) in [5, 5.41) is 12.2. The van der Waals surface area contributed by atoms with Crippen molar-refractivity contribution in [1.29, 1.82) is 0 Å². The van der Waals surface area contributed by atoms with Crippen LogP contribution in [0.5, 0.6) is 0 Å². The molecule has 0 saturated carbocycles. The van der Waals surface area contributed by atoms with Gasteiger partial charge in [-0.05, 0) is 38.8 Å². The van der Waals surface area contributed by atoms with Crippen LogP contribution in [0, 0.1) is 5.92 Å². The highest BCUT2D eigenvalue weighted by Gasteiger charge is 2.21. The first-order valence-electron chi connectivity index (χ1n) is 6.29. The van der Waals surface area contributed by atoms with Gasteiger partial charge in [0.25, 0.3) is 0 Å². The van der Waals surface area contributed by atoms with Gasteiger partial charge in [-0.15, -0.1) is 0 Å². The third-order valence-corrected chi connectivity index (χ3v) is 3.37. The van der Waals surface area contributed by atoms with Crippen molar-refractivity contribution >= 4 is 0 Å². The quantitative estimate of drug-likeness (QED) is 0.661. The van der Waals surface area contributed by atoms with Crippen molar-refractivity contribution < 1.29 is 9.84 Å². The summed E-state index contributed by atoms with van der Waals surface area (Å²) in [7, 11) is 3.75. The number of nitrogens with one attached hydrogen (secondary N) is 1. The second-order valence-corrected chi connectivity index (χ2v) is 4.72. The molecule has 1 aliphatic rings. The molecule has 1 rings (SSSR count). The minimum atomic E-state index is 0.265. The van der Waals surface area contributed by atoms with E-state index in [2.05, 4.69) is 10.2 Å². The van der Waals surface area contributed by atoms with Gasteiger partial charge >= 0.3 is 0 Å². The molecule has 0 aromatic rings. The Hall–Kier alpha value is -0.160. The average molecular weight is 230 g/mol. The van der Waals surface area contributed by atoms with Gasteiger partial charge in [0.05, 0.1) is 6.61 Å². The Kier molecular flexibility index (Phi) is 6.96. The molecule has 0 aromatic heterocycles. The zero-order valence-corrected chi connectivity index (χ0v) is 10.6. The molecule has 4 heteroatoms. The van der Waals surface area contributed by atoms with Crippen LogP contribution in [0.3, 0.4) is 0 Å². The Morgan fingerprint density at radius 2 is 2.38 bits per heavy atom. The lowest BCUT2D eigenvalue weighted by atomic mass is 9.98. The number of methoxy groups -OCH3 is 1. The van der Waals surface area contributed by atoms with Gasteiger partial charge in [-0.25, -0.2) is 0 Å². The number of rotatable bonds is 7. The number of likely N-dealkylation sites (tertiary alicyclic amines) is 1. The van der Waals surface area contributed by atoms with E-state index in [-0.39, 0.29) is 6.61 Å². The Bertz CT molecular complexity index is 176. The van der Waals surface area contributed by atoms with E-state index in [1.807, 2.05) is 7.05 Å². The molecule has 1 fully saturated rings. The van der Waals surface area contributed by atoms with Crippen LogP contribution in [-0.4, -0.2) is 63.1 Å². The van der Waals surface area contributed by atoms with E-state index in [0.29, 0.717) is 12.0 Å². The molecule has 2 N–H and O–H groups in total. The van der Waals surface area contributed by atoms with Crippen LogP contribution in [0.1, 0.15) is 19.3 Å². The minimum Gasteiger partial charge on any atom is -0.396 e. The van der Waals surface area contributed by atoms with Crippen LogP contribution in [0.2, 0.25) is 0 Å². The maximum absolute atomic E-state index is 8.95. The molecule has 0 bridgehead atoms. The highest BCUT2D eigenvalue weighted by Crippen LogP contribution is 2.16. The van der Waals surface area contributed by atoms with Crippen LogP contribution in [0.15, 0.2) is 0 Å². The monoisotopic (exact) mass is 230 g/mol. The fourth-order valence-electron chi connectivity index (χ4n) is 2.48. The summed E-state index contributed by atoms with van der Waals surface area (Å²) in [6, 6.07) is 0.409. The summed E-state index contributed by atoms with van der Waals surface area (Å²) in [6.45, 7) is 4.50. The summed E-state index contributed by atoms with van der Waals surface area (Å²) >= 11 is 0. The number of likely N-dealkylation sites (N-methyl/N-ethyl adjacent to an activating group) is 1. The van der Waals surface area contributed by atoms with E-state index < -0.39 is 0 Å². The molecule has 4 nitrogen and oxygen atoms in total. The maximum Gasteiger partial charge on any atom is 0.0502 e. The molecular weight excluding hydrogens is 204 g/mol. The van der Waals surface area contributed by atoms with Gasteiger partial charge in [-0.2, -0.15) is 0 Å². The van der Waals surface area contributed by atoms with Gasteiger partial charge in [-0.1, -0.05) is 0 Å². The number of piperidine rings is 1. The van der Waals surface area contributed by atoms with E-state index in [9.17, 15) is 0 Å². The zero-order chi connectivity index (χ0) is 11.8. The second kappa shape index (κ2) is 8.01. The molecular formula is C12H26N2O2. The Labute approximate surface area is 99.0 Å². The molecule has 96 valence electrons. The van der Waals surface area contributed by atoms with Crippen molar-refractivity contribution in [1.82, 2.24) is 10.2 Å².